The van der Waals surface area contributed by atoms with Gasteiger partial charge in [0, 0.05) is 6.42 Å². The molecule has 4 unspecified atom stereocenters. The lowest BCUT2D eigenvalue weighted by Crippen LogP contribution is -2.45. The number of rotatable bonds is 13. The first-order valence-corrected chi connectivity index (χ1v) is 18.3. The van der Waals surface area contributed by atoms with Gasteiger partial charge in [-0.2, -0.15) is 0 Å². The van der Waals surface area contributed by atoms with Crippen molar-refractivity contribution in [2.45, 2.75) is 70.1 Å². The molecule has 52 heavy (non-hydrogen) atoms. The van der Waals surface area contributed by atoms with Crippen LogP contribution >= 0.6 is 0 Å². The number of aliphatic hydroxyl groups excluding tert-OH is 1. The molecule has 1 aliphatic heterocycles. The van der Waals surface area contributed by atoms with Crippen molar-refractivity contribution in [1.29, 1.82) is 0 Å². The van der Waals surface area contributed by atoms with E-state index < -0.39 is 18.0 Å². The Morgan fingerprint density at radius 3 is 2.08 bits per heavy atom. The zero-order chi connectivity index (χ0) is 36.4. The largest absolute Gasteiger partial charge is 0.489 e. The van der Waals surface area contributed by atoms with Crippen LogP contribution in [0, 0.1) is 11.8 Å². The maximum absolute atomic E-state index is 13.8. The van der Waals surface area contributed by atoms with Crippen molar-refractivity contribution in [3.63, 3.8) is 0 Å². The predicted octanol–water partition coefficient (Wildman–Crippen LogP) is 6.55. The van der Waals surface area contributed by atoms with Gasteiger partial charge in [-0.3, -0.25) is 14.4 Å². The Morgan fingerprint density at radius 1 is 0.788 bits per heavy atom. The third-order valence-corrected chi connectivity index (χ3v) is 9.31. The highest BCUT2D eigenvalue weighted by Crippen LogP contribution is 2.20. The first kappa shape index (κ1) is 38.0. The molecule has 0 bridgehead atoms. The SMILES string of the molecule is O=C(CC1CC=CCCCC(Cc2ccccc2)C(=O)OCC(Cc2ccccc2)NC1=O)NC(CO)Cc1ccc(OCc2ccccc2)cc1. The highest BCUT2D eigenvalue weighted by Gasteiger charge is 2.27. The number of benzene rings is 4. The average molecular weight is 703 g/mol. The van der Waals surface area contributed by atoms with Gasteiger partial charge in [0.15, 0.2) is 0 Å². The third-order valence-electron chi connectivity index (χ3n) is 9.31. The van der Waals surface area contributed by atoms with Crippen molar-refractivity contribution >= 4 is 17.8 Å². The number of hydrogen-bond donors (Lipinski definition) is 3. The number of carbonyl (C=O) groups is 3. The summed E-state index contributed by atoms with van der Waals surface area (Å²) in [6.07, 6.45) is 8.06. The molecule has 272 valence electrons. The first-order chi connectivity index (χ1) is 25.4. The van der Waals surface area contributed by atoms with E-state index in [4.69, 9.17) is 9.47 Å². The number of ether oxygens (including phenoxy) is 2. The molecule has 2 amide bonds. The van der Waals surface area contributed by atoms with E-state index in [0.29, 0.717) is 38.7 Å². The maximum Gasteiger partial charge on any atom is 0.309 e. The van der Waals surface area contributed by atoms with Crippen molar-refractivity contribution in [1.82, 2.24) is 10.6 Å². The molecule has 8 nitrogen and oxygen atoms in total. The summed E-state index contributed by atoms with van der Waals surface area (Å²) in [7, 11) is 0. The van der Waals surface area contributed by atoms with E-state index in [-0.39, 0.29) is 43.3 Å². The van der Waals surface area contributed by atoms with Crippen molar-refractivity contribution in [2.24, 2.45) is 11.8 Å². The summed E-state index contributed by atoms with van der Waals surface area (Å²) < 4.78 is 11.8. The fourth-order valence-electron chi connectivity index (χ4n) is 6.43. The van der Waals surface area contributed by atoms with Crippen LogP contribution in [0.1, 0.15) is 54.4 Å². The smallest absolute Gasteiger partial charge is 0.309 e. The zero-order valence-corrected chi connectivity index (χ0v) is 29.7. The molecule has 0 saturated heterocycles. The van der Waals surface area contributed by atoms with Gasteiger partial charge in [0.2, 0.25) is 11.8 Å². The van der Waals surface area contributed by atoms with Crippen LogP contribution in [0.4, 0.5) is 0 Å². The van der Waals surface area contributed by atoms with Crippen LogP contribution in [-0.2, 0) is 45.0 Å². The van der Waals surface area contributed by atoms with Crippen molar-refractivity contribution in [3.05, 3.63) is 150 Å². The van der Waals surface area contributed by atoms with Crippen LogP contribution in [0.25, 0.3) is 0 Å². The Morgan fingerprint density at radius 2 is 1.42 bits per heavy atom. The van der Waals surface area contributed by atoms with Crippen molar-refractivity contribution in [3.8, 4) is 5.75 Å². The van der Waals surface area contributed by atoms with Crippen LogP contribution in [0.3, 0.4) is 0 Å². The summed E-state index contributed by atoms with van der Waals surface area (Å²) in [5.41, 5.74) is 4.10. The number of allylic oxidation sites excluding steroid dienone is 2. The van der Waals surface area contributed by atoms with Gasteiger partial charge in [0.25, 0.3) is 0 Å². The molecule has 0 aromatic heterocycles. The van der Waals surface area contributed by atoms with Crippen molar-refractivity contribution < 1.29 is 29.0 Å². The Bertz CT molecular complexity index is 1700. The second-order valence-electron chi connectivity index (χ2n) is 13.5. The molecular formula is C44H50N2O6. The van der Waals surface area contributed by atoms with Gasteiger partial charge in [-0.1, -0.05) is 115 Å². The van der Waals surface area contributed by atoms with Gasteiger partial charge < -0.3 is 25.2 Å². The summed E-state index contributed by atoms with van der Waals surface area (Å²) in [5, 5.41) is 16.2. The summed E-state index contributed by atoms with van der Waals surface area (Å²) in [4.78, 5) is 40.6. The van der Waals surface area contributed by atoms with E-state index in [1.807, 2.05) is 127 Å². The minimum absolute atomic E-state index is 0.0299. The van der Waals surface area contributed by atoms with Gasteiger partial charge >= 0.3 is 5.97 Å². The highest BCUT2D eigenvalue weighted by atomic mass is 16.5. The Kier molecular flexibility index (Phi) is 15.1. The number of hydrogen-bond acceptors (Lipinski definition) is 6. The molecule has 0 saturated carbocycles. The Hall–Kier alpha value is -5.21. The van der Waals surface area contributed by atoms with E-state index in [9.17, 15) is 19.5 Å². The van der Waals surface area contributed by atoms with Crippen LogP contribution in [0.15, 0.2) is 127 Å². The number of nitrogens with one attached hydrogen (secondary N) is 2. The van der Waals surface area contributed by atoms with Crippen LogP contribution < -0.4 is 15.4 Å². The molecule has 1 heterocycles. The monoisotopic (exact) mass is 702 g/mol. The second kappa shape index (κ2) is 20.6. The molecule has 0 aliphatic carbocycles. The molecule has 4 aromatic rings. The van der Waals surface area contributed by atoms with Crippen LogP contribution in [-0.4, -0.2) is 48.2 Å². The van der Waals surface area contributed by atoms with E-state index in [1.165, 1.54) is 0 Å². The molecule has 5 rings (SSSR count). The van der Waals surface area contributed by atoms with Crippen LogP contribution in [0.5, 0.6) is 5.75 Å². The van der Waals surface area contributed by atoms with Crippen LogP contribution in [0.2, 0.25) is 0 Å². The minimum Gasteiger partial charge on any atom is -0.489 e. The third kappa shape index (κ3) is 12.8. The van der Waals surface area contributed by atoms with Gasteiger partial charge in [0.1, 0.15) is 19.0 Å². The van der Waals surface area contributed by atoms with Crippen molar-refractivity contribution in [2.75, 3.05) is 13.2 Å². The predicted molar refractivity (Wildman–Crippen MR) is 202 cm³/mol. The number of esters is 1. The standard InChI is InChI=1S/C44H50N2O6/c47-30-39(27-35-22-24-41(25-23-35)51-31-36-18-10-5-11-19-36)45-42(48)29-37-20-12-1-2-13-21-38(26-33-14-6-3-7-15-33)44(50)52-32-40(46-43(37)49)28-34-16-8-4-9-17-34/h1,3-12,14-19,22-25,37-40,47H,2,13,20-21,26-32H2,(H,45,48)(H,46,49). The van der Waals surface area contributed by atoms with Gasteiger partial charge in [-0.25, -0.2) is 0 Å². The topological polar surface area (TPSA) is 114 Å². The minimum atomic E-state index is -0.639. The summed E-state index contributed by atoms with van der Waals surface area (Å²) in [5.74, 6) is -1.05. The number of amides is 2. The average Bonchev–Trinajstić information content (AvgIpc) is 3.17. The molecule has 8 heteroatoms. The molecule has 0 fully saturated rings. The number of aliphatic hydroxyl groups is 1. The Labute approximate surface area is 307 Å². The number of carbonyl (C=O) groups excluding carboxylic acids is 3. The zero-order valence-electron chi connectivity index (χ0n) is 29.7. The van der Waals surface area contributed by atoms with E-state index in [0.717, 1.165) is 40.8 Å². The number of cyclic esters (lactones) is 1. The normalized spacial score (nSPS) is 19.1. The molecular weight excluding hydrogens is 652 g/mol. The highest BCUT2D eigenvalue weighted by molar-refractivity contribution is 5.86. The molecule has 3 N–H and O–H groups in total. The quantitative estimate of drug-likeness (QED) is 0.108. The first-order valence-electron chi connectivity index (χ1n) is 18.3. The molecule has 4 atom stereocenters. The lowest BCUT2D eigenvalue weighted by molar-refractivity contribution is -0.150. The maximum atomic E-state index is 13.8. The molecule has 0 radical (unpaired) electrons. The molecule has 1 aliphatic rings. The van der Waals surface area contributed by atoms with Gasteiger partial charge in [-0.05, 0) is 79.3 Å². The lowest BCUT2D eigenvalue weighted by atomic mass is 9.93. The van der Waals surface area contributed by atoms with E-state index in [1.54, 1.807) is 0 Å². The second-order valence-corrected chi connectivity index (χ2v) is 13.5. The lowest BCUT2D eigenvalue weighted by Gasteiger charge is -2.24. The van der Waals surface area contributed by atoms with Gasteiger partial charge in [0.05, 0.1) is 30.5 Å². The molecule has 4 aromatic carbocycles. The summed E-state index contributed by atoms with van der Waals surface area (Å²) >= 11 is 0. The summed E-state index contributed by atoms with van der Waals surface area (Å²) in [6.45, 7) is 0.250. The Balaban J connectivity index is 1.21. The summed E-state index contributed by atoms with van der Waals surface area (Å²) in [6, 6.07) is 36.3. The molecule has 0 spiro atoms. The fraction of sp³-hybridized carbons (Fsp3) is 0.341. The fourth-order valence-corrected chi connectivity index (χ4v) is 6.43. The van der Waals surface area contributed by atoms with E-state index >= 15 is 0 Å². The van der Waals surface area contributed by atoms with Gasteiger partial charge in [-0.15, -0.1) is 0 Å². The van der Waals surface area contributed by atoms with E-state index in [2.05, 4.69) is 10.6 Å².